The lowest BCUT2D eigenvalue weighted by Crippen LogP contribution is -2.38. The van der Waals surface area contributed by atoms with Crippen LogP contribution in [0.25, 0.3) is 0 Å². The van der Waals surface area contributed by atoms with Crippen molar-refractivity contribution in [1.82, 2.24) is 10.5 Å². The zero-order valence-corrected chi connectivity index (χ0v) is 19.7. The third kappa shape index (κ3) is 5.31. The van der Waals surface area contributed by atoms with Gasteiger partial charge in [0.2, 0.25) is 0 Å². The van der Waals surface area contributed by atoms with Crippen LogP contribution >= 0.6 is 11.6 Å². The van der Waals surface area contributed by atoms with Crippen molar-refractivity contribution in [3.63, 3.8) is 0 Å². The van der Waals surface area contributed by atoms with E-state index in [2.05, 4.69) is 15.0 Å². The number of benzene rings is 3. The number of nitrogens with one attached hydrogen (secondary N) is 1. The lowest BCUT2D eigenvalue weighted by molar-refractivity contribution is 0.132. The zero-order valence-electron chi connectivity index (χ0n) is 18.1. The van der Waals surface area contributed by atoms with Gasteiger partial charge >= 0.3 is 0 Å². The lowest BCUT2D eigenvalue weighted by Gasteiger charge is -2.18. The summed E-state index contributed by atoms with van der Waals surface area (Å²) in [4.78, 5) is 3.74. The van der Waals surface area contributed by atoms with Gasteiger partial charge in [0, 0.05) is 23.1 Å². The summed E-state index contributed by atoms with van der Waals surface area (Å²) in [5, 5.41) is 6.31. The highest BCUT2D eigenvalue weighted by Crippen LogP contribution is 2.30. The molecular formula is C23H18ClF3N4O3S. The number of hydrazone groups is 1. The van der Waals surface area contributed by atoms with Crippen molar-refractivity contribution >= 4 is 33.3 Å². The van der Waals surface area contributed by atoms with Gasteiger partial charge in [-0.05, 0) is 23.3 Å². The number of sulfonamides is 1. The van der Waals surface area contributed by atoms with E-state index >= 15 is 0 Å². The van der Waals surface area contributed by atoms with Crippen LogP contribution in [0.2, 0.25) is 5.02 Å². The van der Waals surface area contributed by atoms with Gasteiger partial charge in [-0.3, -0.25) is 4.84 Å². The predicted molar refractivity (Wildman–Crippen MR) is 125 cm³/mol. The molecule has 0 saturated carbocycles. The molecular weight excluding hydrogens is 505 g/mol. The van der Waals surface area contributed by atoms with Gasteiger partial charge in [-0.15, -0.1) is 4.40 Å². The van der Waals surface area contributed by atoms with E-state index < -0.39 is 38.3 Å². The first-order chi connectivity index (χ1) is 16.7. The van der Waals surface area contributed by atoms with Crippen LogP contribution < -0.4 is 5.48 Å². The quantitative estimate of drug-likeness (QED) is 0.231. The molecule has 4 rings (SSSR count). The first-order valence-electron chi connectivity index (χ1n) is 10.1. The molecule has 12 heteroatoms. The molecule has 1 heterocycles. The van der Waals surface area contributed by atoms with E-state index in [9.17, 15) is 21.6 Å². The Morgan fingerprint density at radius 3 is 2.37 bits per heavy atom. The lowest BCUT2D eigenvalue weighted by atomic mass is 9.91. The highest BCUT2D eigenvalue weighted by Gasteiger charge is 2.33. The predicted octanol–water partition coefficient (Wildman–Crippen LogP) is 4.46. The van der Waals surface area contributed by atoms with E-state index in [1.807, 2.05) is 30.3 Å². The van der Waals surface area contributed by atoms with Gasteiger partial charge in [-0.25, -0.2) is 23.7 Å². The number of rotatable bonds is 5. The third-order valence-electron chi connectivity index (χ3n) is 5.15. The van der Waals surface area contributed by atoms with E-state index in [0.717, 1.165) is 11.1 Å². The first kappa shape index (κ1) is 24.7. The summed E-state index contributed by atoms with van der Waals surface area (Å²) in [6.07, 6.45) is 0. The number of guanidine groups is 1. The third-order valence-corrected chi connectivity index (χ3v) is 6.69. The summed E-state index contributed by atoms with van der Waals surface area (Å²) in [5.41, 5.74) is 4.55. The number of nitrogens with zero attached hydrogens (tertiary/aromatic N) is 3. The molecule has 7 nitrogen and oxygen atoms in total. The smallest absolute Gasteiger partial charge is 0.277 e. The van der Waals surface area contributed by atoms with Crippen LogP contribution in [0.1, 0.15) is 17.0 Å². The van der Waals surface area contributed by atoms with Crippen LogP contribution in [0, 0.1) is 17.5 Å². The van der Waals surface area contributed by atoms with Crippen molar-refractivity contribution < 1.29 is 26.4 Å². The summed E-state index contributed by atoms with van der Waals surface area (Å²) < 4.78 is 70.3. The Balaban J connectivity index is 1.78. The Bertz CT molecular complexity index is 1400. The highest BCUT2D eigenvalue weighted by atomic mass is 35.5. The van der Waals surface area contributed by atoms with Crippen LogP contribution in [0.3, 0.4) is 0 Å². The molecule has 0 fully saturated rings. The molecule has 0 aromatic heterocycles. The average molecular weight is 523 g/mol. The minimum atomic E-state index is -4.82. The van der Waals surface area contributed by atoms with E-state index in [-0.39, 0.29) is 24.6 Å². The van der Waals surface area contributed by atoms with Gasteiger partial charge in [0.05, 0.1) is 19.4 Å². The Morgan fingerprint density at radius 2 is 1.71 bits per heavy atom. The second-order valence-corrected chi connectivity index (χ2v) is 9.44. The van der Waals surface area contributed by atoms with Gasteiger partial charge in [-0.2, -0.15) is 13.5 Å². The maximum absolute atomic E-state index is 14.2. The first-order valence-corrected chi connectivity index (χ1v) is 12.0. The van der Waals surface area contributed by atoms with E-state index in [1.165, 1.54) is 12.1 Å². The molecule has 0 amide bonds. The van der Waals surface area contributed by atoms with Crippen molar-refractivity contribution in [2.24, 2.45) is 9.50 Å². The number of hydrogen-bond acceptors (Lipinski definition) is 4. The normalized spacial score (nSPS) is 16.4. The number of hydroxylamine groups is 1. The largest absolute Gasteiger partial charge is 0.288 e. The van der Waals surface area contributed by atoms with Gasteiger partial charge < -0.3 is 0 Å². The molecule has 1 aliphatic heterocycles. The Morgan fingerprint density at radius 1 is 1.06 bits per heavy atom. The number of halogens is 4. The molecule has 0 radical (unpaired) electrons. The maximum Gasteiger partial charge on any atom is 0.288 e. The Kier molecular flexibility index (Phi) is 7.10. The van der Waals surface area contributed by atoms with Gasteiger partial charge in [0.15, 0.2) is 11.6 Å². The number of hydrogen-bond donors (Lipinski definition) is 1. The Labute approximate surface area is 204 Å². The van der Waals surface area contributed by atoms with Gasteiger partial charge in [0.1, 0.15) is 10.7 Å². The van der Waals surface area contributed by atoms with Crippen LogP contribution in [-0.2, 0) is 14.9 Å². The molecule has 1 atom stereocenters. The molecule has 0 saturated heterocycles. The van der Waals surface area contributed by atoms with Crippen LogP contribution in [0.4, 0.5) is 13.2 Å². The second-order valence-electron chi connectivity index (χ2n) is 7.43. The fourth-order valence-electron chi connectivity index (χ4n) is 3.54. The zero-order chi connectivity index (χ0) is 25.2. The van der Waals surface area contributed by atoms with Crippen molar-refractivity contribution in [3.8, 4) is 0 Å². The molecule has 1 unspecified atom stereocenters. The van der Waals surface area contributed by atoms with Crippen molar-refractivity contribution in [2.45, 2.75) is 10.8 Å². The van der Waals surface area contributed by atoms with Crippen molar-refractivity contribution in [3.05, 3.63) is 100 Å². The summed E-state index contributed by atoms with van der Waals surface area (Å²) in [7, 11) is -3.61. The molecule has 3 aromatic carbocycles. The fourth-order valence-corrected chi connectivity index (χ4v) is 4.68. The van der Waals surface area contributed by atoms with E-state index in [0.29, 0.717) is 10.7 Å². The molecule has 0 bridgehead atoms. The standard InChI is InChI=1S/C23H18ClF3N4O3S/c1-34-29-23(30-35(32,33)21-12-19(26)18(25)11-20(21)27)31-13-17(14-5-3-2-4-6-14)22(28-31)15-7-9-16(24)10-8-15/h2-12,17H,13H2,1H3,(H,29,30). The van der Waals surface area contributed by atoms with Crippen LogP contribution in [-0.4, -0.2) is 38.8 Å². The molecule has 1 aliphatic rings. The van der Waals surface area contributed by atoms with Crippen LogP contribution in [0.5, 0.6) is 0 Å². The maximum atomic E-state index is 14.2. The topological polar surface area (TPSA) is 83.4 Å². The highest BCUT2D eigenvalue weighted by molar-refractivity contribution is 7.90. The fraction of sp³-hybridized carbons (Fsp3) is 0.130. The van der Waals surface area contributed by atoms with Crippen molar-refractivity contribution in [1.29, 1.82) is 0 Å². The molecule has 182 valence electrons. The monoisotopic (exact) mass is 522 g/mol. The molecule has 0 spiro atoms. The van der Waals surface area contributed by atoms with Gasteiger partial charge in [0.25, 0.3) is 16.0 Å². The second kappa shape index (κ2) is 10.1. The minimum Gasteiger partial charge on any atom is -0.277 e. The molecule has 0 aliphatic carbocycles. The summed E-state index contributed by atoms with van der Waals surface area (Å²) in [6, 6.07) is 16.7. The Hall–Kier alpha value is -3.41. The summed E-state index contributed by atoms with van der Waals surface area (Å²) in [5.74, 6) is -5.25. The van der Waals surface area contributed by atoms with E-state index in [4.69, 9.17) is 16.4 Å². The SMILES string of the molecule is CONC(=NS(=O)(=O)c1cc(F)c(F)cc1F)N1CC(c2ccccc2)C(c2ccc(Cl)cc2)=N1. The van der Waals surface area contributed by atoms with E-state index in [1.54, 1.807) is 24.3 Å². The molecule has 35 heavy (non-hydrogen) atoms. The van der Waals surface area contributed by atoms with Gasteiger partial charge in [-0.1, -0.05) is 54.1 Å². The molecule has 1 N–H and O–H groups in total. The average Bonchev–Trinajstić information content (AvgIpc) is 3.27. The van der Waals surface area contributed by atoms with Crippen molar-refractivity contribution in [2.75, 3.05) is 13.7 Å². The minimum absolute atomic E-state index is 0.138. The van der Waals surface area contributed by atoms with Crippen LogP contribution in [0.15, 0.2) is 81.1 Å². The summed E-state index contributed by atoms with van der Waals surface area (Å²) >= 11 is 6.01. The molecule has 3 aromatic rings. The summed E-state index contributed by atoms with van der Waals surface area (Å²) in [6.45, 7) is 0.146.